The lowest BCUT2D eigenvalue weighted by Crippen LogP contribution is -2.13. The molecule has 1 aromatic heterocycles. The van der Waals surface area contributed by atoms with Crippen molar-refractivity contribution in [2.45, 2.75) is 20.4 Å². The zero-order valence-electron chi connectivity index (χ0n) is 19.0. The van der Waals surface area contributed by atoms with Crippen molar-refractivity contribution >= 4 is 40.2 Å². The lowest BCUT2D eigenvalue weighted by Gasteiger charge is -2.11. The van der Waals surface area contributed by atoms with Crippen molar-refractivity contribution in [1.82, 2.24) is 4.57 Å². The number of para-hydroxylation sites is 1. The van der Waals surface area contributed by atoms with E-state index in [4.69, 9.17) is 16.3 Å². The minimum atomic E-state index is -0.472. The van der Waals surface area contributed by atoms with Crippen LogP contribution in [0.1, 0.15) is 16.7 Å². The van der Waals surface area contributed by atoms with Gasteiger partial charge in [-0.15, -0.1) is 0 Å². The molecule has 0 aliphatic carbocycles. The third-order valence-corrected chi connectivity index (χ3v) is 5.77. The number of ether oxygens (including phenoxy) is 1. The average molecular weight is 470 g/mol. The van der Waals surface area contributed by atoms with E-state index in [1.165, 1.54) is 0 Å². The van der Waals surface area contributed by atoms with Crippen LogP contribution in [0.4, 0.5) is 5.69 Å². The molecular weight excluding hydrogens is 446 g/mol. The number of aryl methyl sites for hydroxylation is 2. The Balaban J connectivity index is 1.56. The van der Waals surface area contributed by atoms with Crippen molar-refractivity contribution in [2.75, 3.05) is 11.9 Å². The Bertz CT molecular complexity index is 1410. The molecule has 0 spiro atoms. The third-order valence-electron chi connectivity index (χ3n) is 5.52. The van der Waals surface area contributed by atoms with Crippen molar-refractivity contribution in [2.24, 2.45) is 0 Å². The molecule has 1 amide bonds. The highest BCUT2D eigenvalue weighted by atomic mass is 35.5. The van der Waals surface area contributed by atoms with Gasteiger partial charge in [0.25, 0.3) is 5.91 Å². The third kappa shape index (κ3) is 5.31. The Morgan fingerprint density at radius 2 is 1.88 bits per heavy atom. The lowest BCUT2D eigenvalue weighted by molar-refractivity contribution is -0.112. The smallest absolute Gasteiger partial charge is 0.266 e. The molecule has 170 valence electrons. The van der Waals surface area contributed by atoms with Crippen LogP contribution in [-0.2, 0) is 11.3 Å². The van der Waals surface area contributed by atoms with Crippen LogP contribution in [0.3, 0.4) is 0 Å². The summed E-state index contributed by atoms with van der Waals surface area (Å²) in [5.74, 6) is 0.405. The number of hydrogen-bond acceptors (Lipinski definition) is 3. The van der Waals surface area contributed by atoms with Gasteiger partial charge in [0.15, 0.2) is 0 Å². The van der Waals surface area contributed by atoms with Crippen molar-refractivity contribution < 1.29 is 9.53 Å². The zero-order chi connectivity index (χ0) is 24.1. The summed E-state index contributed by atoms with van der Waals surface area (Å²) in [6.07, 6.45) is 3.57. The SMILES string of the molecule is Cc1ccc(C)c(OCCn2cc(C=C(C#N)C(=O)Nc3ccc(Cl)cc3)c3ccccc32)c1. The van der Waals surface area contributed by atoms with E-state index in [-0.39, 0.29) is 5.57 Å². The number of aromatic nitrogens is 1. The summed E-state index contributed by atoms with van der Waals surface area (Å²) in [5.41, 5.74) is 4.64. The molecule has 1 N–H and O–H groups in total. The topological polar surface area (TPSA) is 67.0 Å². The molecule has 0 saturated heterocycles. The van der Waals surface area contributed by atoms with Crippen LogP contribution in [0.2, 0.25) is 5.02 Å². The molecular formula is C28H24ClN3O2. The number of nitrogens with zero attached hydrogens (tertiary/aromatic N) is 2. The standard InChI is InChI=1S/C28H24ClN3O2/c1-19-7-8-20(2)27(15-19)34-14-13-32-18-22(25-5-3-4-6-26(25)32)16-21(17-30)28(33)31-24-11-9-23(29)10-12-24/h3-12,15-16,18H,13-14H2,1-2H3,(H,31,33). The molecule has 4 aromatic rings. The highest BCUT2D eigenvalue weighted by Crippen LogP contribution is 2.25. The van der Waals surface area contributed by atoms with Gasteiger partial charge in [-0.25, -0.2) is 0 Å². The number of hydrogen-bond donors (Lipinski definition) is 1. The fourth-order valence-electron chi connectivity index (χ4n) is 3.73. The highest BCUT2D eigenvalue weighted by Gasteiger charge is 2.13. The Labute approximate surface area is 203 Å². The Morgan fingerprint density at radius 3 is 2.65 bits per heavy atom. The van der Waals surface area contributed by atoms with Crippen molar-refractivity contribution in [3.8, 4) is 11.8 Å². The van der Waals surface area contributed by atoms with Crippen LogP contribution < -0.4 is 10.1 Å². The van der Waals surface area contributed by atoms with E-state index in [9.17, 15) is 10.1 Å². The van der Waals surface area contributed by atoms with Crippen molar-refractivity contribution in [1.29, 1.82) is 5.26 Å². The van der Waals surface area contributed by atoms with Gasteiger partial charge in [-0.2, -0.15) is 5.26 Å². The number of nitrogens with one attached hydrogen (secondary N) is 1. The second kappa shape index (κ2) is 10.3. The normalized spacial score (nSPS) is 11.3. The van der Waals surface area contributed by atoms with Gasteiger partial charge < -0.3 is 14.6 Å². The molecule has 5 nitrogen and oxygen atoms in total. The number of benzene rings is 3. The fraction of sp³-hybridized carbons (Fsp3) is 0.143. The Morgan fingerprint density at radius 1 is 1.12 bits per heavy atom. The maximum atomic E-state index is 12.7. The van der Waals surface area contributed by atoms with Crippen LogP contribution in [0.5, 0.6) is 5.75 Å². The fourth-order valence-corrected chi connectivity index (χ4v) is 3.85. The lowest BCUT2D eigenvalue weighted by atomic mass is 10.1. The van der Waals surface area contributed by atoms with Crippen molar-refractivity contribution in [3.05, 3.63) is 100 Å². The van der Waals surface area contributed by atoms with Crippen LogP contribution in [0.15, 0.2) is 78.5 Å². The Hall–Kier alpha value is -4.01. The van der Waals surface area contributed by atoms with Gasteiger partial charge in [-0.3, -0.25) is 4.79 Å². The molecule has 0 atom stereocenters. The number of amides is 1. The van der Waals surface area contributed by atoms with Gasteiger partial charge in [0, 0.05) is 33.4 Å². The first kappa shape index (κ1) is 23.2. The molecule has 0 radical (unpaired) electrons. The summed E-state index contributed by atoms with van der Waals surface area (Å²) < 4.78 is 8.11. The van der Waals surface area contributed by atoms with Gasteiger partial charge in [0.2, 0.25) is 0 Å². The first-order valence-corrected chi connectivity index (χ1v) is 11.3. The van der Waals surface area contributed by atoms with E-state index in [1.807, 2.05) is 56.4 Å². The van der Waals surface area contributed by atoms with Crippen LogP contribution in [0.25, 0.3) is 17.0 Å². The van der Waals surface area contributed by atoms with Gasteiger partial charge in [0.1, 0.15) is 24.0 Å². The van der Waals surface area contributed by atoms with Gasteiger partial charge in [-0.05, 0) is 67.4 Å². The number of carbonyl (C=O) groups excluding carboxylic acids is 1. The number of nitriles is 1. The van der Waals surface area contributed by atoms with Gasteiger partial charge in [-0.1, -0.05) is 41.9 Å². The van der Waals surface area contributed by atoms with Crippen LogP contribution >= 0.6 is 11.6 Å². The predicted molar refractivity (Wildman–Crippen MR) is 137 cm³/mol. The first-order valence-electron chi connectivity index (χ1n) is 10.9. The summed E-state index contributed by atoms with van der Waals surface area (Å²) in [5, 5.41) is 13.9. The summed E-state index contributed by atoms with van der Waals surface area (Å²) in [7, 11) is 0. The molecule has 4 rings (SSSR count). The summed E-state index contributed by atoms with van der Waals surface area (Å²) in [6, 6.07) is 22.8. The molecule has 1 heterocycles. The molecule has 0 fully saturated rings. The van der Waals surface area contributed by atoms with E-state index in [0.717, 1.165) is 33.3 Å². The average Bonchev–Trinajstić information content (AvgIpc) is 3.18. The second-order valence-corrected chi connectivity index (χ2v) is 8.48. The molecule has 0 bridgehead atoms. The molecule has 0 saturated carbocycles. The summed E-state index contributed by atoms with van der Waals surface area (Å²) >= 11 is 5.90. The molecule has 3 aromatic carbocycles. The number of fused-ring (bicyclic) bond motifs is 1. The molecule has 6 heteroatoms. The van der Waals surface area contributed by atoms with Crippen molar-refractivity contribution in [3.63, 3.8) is 0 Å². The number of halogens is 1. The van der Waals surface area contributed by atoms with E-state index >= 15 is 0 Å². The van der Waals surface area contributed by atoms with Crippen LogP contribution in [-0.4, -0.2) is 17.1 Å². The largest absolute Gasteiger partial charge is 0.491 e. The van der Waals surface area contributed by atoms with E-state index in [1.54, 1.807) is 30.3 Å². The summed E-state index contributed by atoms with van der Waals surface area (Å²) in [4.78, 5) is 12.7. The zero-order valence-corrected chi connectivity index (χ0v) is 19.8. The number of rotatable bonds is 7. The number of anilines is 1. The minimum absolute atomic E-state index is 0.0180. The predicted octanol–water partition coefficient (Wildman–Crippen LogP) is 6.54. The van der Waals surface area contributed by atoms with E-state index in [2.05, 4.69) is 22.0 Å². The minimum Gasteiger partial charge on any atom is -0.491 e. The molecule has 0 aliphatic rings. The quantitative estimate of drug-likeness (QED) is 0.247. The highest BCUT2D eigenvalue weighted by molar-refractivity contribution is 6.30. The van der Waals surface area contributed by atoms with Gasteiger partial charge >= 0.3 is 0 Å². The Kier molecular flexibility index (Phi) is 7.01. The first-order chi connectivity index (χ1) is 16.4. The monoisotopic (exact) mass is 469 g/mol. The molecule has 0 unspecified atom stereocenters. The number of carbonyl (C=O) groups is 1. The van der Waals surface area contributed by atoms with E-state index < -0.39 is 5.91 Å². The maximum Gasteiger partial charge on any atom is 0.266 e. The van der Waals surface area contributed by atoms with E-state index in [0.29, 0.717) is 23.9 Å². The maximum absolute atomic E-state index is 12.7. The summed E-state index contributed by atoms with van der Waals surface area (Å²) in [6.45, 7) is 5.19. The molecule has 34 heavy (non-hydrogen) atoms. The van der Waals surface area contributed by atoms with Crippen LogP contribution in [0, 0.1) is 25.2 Å². The molecule has 0 aliphatic heterocycles. The second-order valence-electron chi connectivity index (χ2n) is 8.04. The van der Waals surface area contributed by atoms with Gasteiger partial charge in [0.05, 0.1) is 6.54 Å².